The molecule has 0 saturated carbocycles. The van der Waals surface area contributed by atoms with Crippen LogP contribution in [0.3, 0.4) is 0 Å². The minimum atomic E-state index is -0.506. The second-order valence-corrected chi connectivity index (χ2v) is 9.46. The number of rotatable bonds is 6. The SMILES string of the molecule is CCCC(=O)Nc1cncc(-c2ccc3[nH]nc(-c4nc5nccc(-c6ccc(F)s6)c5[nH]4)c3c2F)c1. The summed E-state index contributed by atoms with van der Waals surface area (Å²) in [4.78, 5) is 28.9. The van der Waals surface area contributed by atoms with Crippen molar-refractivity contribution in [3.8, 4) is 33.1 Å². The van der Waals surface area contributed by atoms with E-state index < -0.39 is 5.82 Å². The number of aromatic amines is 2. The van der Waals surface area contributed by atoms with Crippen LogP contribution in [0.1, 0.15) is 19.8 Å². The molecular formula is C26H19F2N7OS. The first kappa shape index (κ1) is 22.9. The number of pyridine rings is 2. The van der Waals surface area contributed by atoms with Gasteiger partial charge in [-0.2, -0.15) is 9.49 Å². The molecule has 6 aromatic rings. The number of nitrogens with one attached hydrogen (secondary N) is 3. The summed E-state index contributed by atoms with van der Waals surface area (Å²) < 4.78 is 29.6. The third-order valence-electron chi connectivity index (χ3n) is 5.93. The van der Waals surface area contributed by atoms with Crippen molar-refractivity contribution in [3.05, 3.63) is 65.9 Å². The number of carbonyl (C=O) groups excluding carboxylic acids is 1. The molecule has 0 bridgehead atoms. The Kier molecular flexibility index (Phi) is 5.68. The maximum atomic E-state index is 16.0. The molecule has 0 aliphatic carbocycles. The van der Waals surface area contributed by atoms with Crippen LogP contribution in [-0.2, 0) is 4.79 Å². The van der Waals surface area contributed by atoms with Gasteiger partial charge in [0.25, 0.3) is 0 Å². The molecule has 8 nitrogen and oxygen atoms in total. The Balaban J connectivity index is 1.44. The Morgan fingerprint density at radius 3 is 2.81 bits per heavy atom. The van der Waals surface area contributed by atoms with Crippen LogP contribution in [0.2, 0.25) is 0 Å². The quantitative estimate of drug-likeness (QED) is 0.241. The van der Waals surface area contributed by atoms with Gasteiger partial charge in [0.1, 0.15) is 11.5 Å². The lowest BCUT2D eigenvalue weighted by molar-refractivity contribution is -0.116. The van der Waals surface area contributed by atoms with Gasteiger partial charge in [-0.05, 0) is 42.8 Å². The largest absolute Gasteiger partial charge is 0.335 e. The van der Waals surface area contributed by atoms with E-state index in [0.717, 1.165) is 28.2 Å². The van der Waals surface area contributed by atoms with E-state index in [9.17, 15) is 9.18 Å². The molecule has 37 heavy (non-hydrogen) atoms. The summed E-state index contributed by atoms with van der Waals surface area (Å²) in [6, 6.07) is 9.92. The number of benzene rings is 1. The van der Waals surface area contributed by atoms with Crippen LogP contribution >= 0.6 is 11.3 Å². The normalized spacial score (nSPS) is 11.4. The fourth-order valence-corrected chi connectivity index (χ4v) is 5.02. The second-order valence-electron chi connectivity index (χ2n) is 8.43. The summed E-state index contributed by atoms with van der Waals surface area (Å²) in [6.45, 7) is 1.92. The van der Waals surface area contributed by atoms with Crippen LogP contribution in [0.25, 0.3) is 55.2 Å². The third-order valence-corrected chi connectivity index (χ3v) is 6.84. The summed E-state index contributed by atoms with van der Waals surface area (Å²) in [5.74, 6) is -0.306. The zero-order chi connectivity index (χ0) is 25.5. The van der Waals surface area contributed by atoms with Crippen molar-refractivity contribution >= 4 is 45.0 Å². The highest BCUT2D eigenvalue weighted by molar-refractivity contribution is 7.14. The summed E-state index contributed by atoms with van der Waals surface area (Å²) in [7, 11) is 0. The van der Waals surface area contributed by atoms with Crippen molar-refractivity contribution in [1.82, 2.24) is 30.1 Å². The fraction of sp³-hybridized carbons (Fsp3) is 0.115. The number of nitrogens with zero attached hydrogens (tertiary/aromatic N) is 4. The molecule has 0 fully saturated rings. The van der Waals surface area contributed by atoms with Crippen LogP contribution in [0.4, 0.5) is 14.5 Å². The number of hydrogen-bond acceptors (Lipinski definition) is 6. The molecule has 0 unspecified atom stereocenters. The predicted octanol–water partition coefficient (Wildman–Crippen LogP) is 6.31. The Morgan fingerprint density at radius 1 is 1.11 bits per heavy atom. The first-order chi connectivity index (χ1) is 18.0. The molecule has 1 amide bonds. The van der Waals surface area contributed by atoms with Crippen molar-refractivity contribution in [2.45, 2.75) is 19.8 Å². The predicted molar refractivity (Wildman–Crippen MR) is 139 cm³/mol. The van der Waals surface area contributed by atoms with E-state index >= 15 is 4.39 Å². The van der Waals surface area contributed by atoms with Crippen LogP contribution in [0.5, 0.6) is 0 Å². The number of anilines is 1. The van der Waals surface area contributed by atoms with E-state index in [0.29, 0.717) is 45.7 Å². The smallest absolute Gasteiger partial charge is 0.224 e. The standard InChI is InChI=1S/C26H19F2N7OS/c1-2-3-20(36)31-14-10-13(11-29-12-14)15-4-5-17-21(22(15)28)24(35-34-17)26-32-23-16(8-9-30-25(23)33-26)18-6-7-19(27)37-18/h4-12H,2-3H2,1H3,(H,31,36)(H,34,35)(H,30,32,33). The number of amides is 1. The van der Waals surface area contributed by atoms with Crippen molar-refractivity contribution < 1.29 is 13.6 Å². The van der Waals surface area contributed by atoms with Crippen LogP contribution in [-0.4, -0.2) is 36.0 Å². The van der Waals surface area contributed by atoms with Gasteiger partial charge in [-0.25, -0.2) is 14.4 Å². The molecule has 5 aromatic heterocycles. The number of H-pyrrole nitrogens is 2. The summed E-state index contributed by atoms with van der Waals surface area (Å²) in [5, 5.41) is 9.93. The molecule has 11 heteroatoms. The highest BCUT2D eigenvalue weighted by Gasteiger charge is 2.21. The van der Waals surface area contributed by atoms with E-state index in [2.05, 4.69) is 35.5 Å². The molecule has 3 N–H and O–H groups in total. The van der Waals surface area contributed by atoms with E-state index in [1.54, 1.807) is 36.5 Å². The molecule has 0 aliphatic rings. The number of carbonyl (C=O) groups is 1. The van der Waals surface area contributed by atoms with E-state index in [1.807, 2.05) is 6.92 Å². The molecule has 0 radical (unpaired) electrons. The fourth-order valence-electron chi connectivity index (χ4n) is 4.26. The van der Waals surface area contributed by atoms with E-state index in [1.165, 1.54) is 18.5 Å². The van der Waals surface area contributed by atoms with Gasteiger partial charge < -0.3 is 10.3 Å². The lowest BCUT2D eigenvalue weighted by atomic mass is 10.0. The summed E-state index contributed by atoms with van der Waals surface area (Å²) in [6.07, 6.45) is 5.77. The molecular weight excluding hydrogens is 496 g/mol. The van der Waals surface area contributed by atoms with Gasteiger partial charge in [0.15, 0.2) is 16.6 Å². The summed E-state index contributed by atoms with van der Waals surface area (Å²) in [5.41, 5.74) is 3.84. The molecule has 0 atom stereocenters. The second kappa shape index (κ2) is 9.17. The van der Waals surface area contributed by atoms with Gasteiger partial charge in [-0.1, -0.05) is 6.92 Å². The lowest BCUT2D eigenvalue weighted by Gasteiger charge is -2.08. The van der Waals surface area contributed by atoms with Gasteiger partial charge in [-0.15, -0.1) is 11.3 Å². The van der Waals surface area contributed by atoms with Crippen LogP contribution in [0, 0.1) is 10.9 Å². The Morgan fingerprint density at radius 2 is 2.00 bits per heavy atom. The lowest BCUT2D eigenvalue weighted by Crippen LogP contribution is -2.10. The third kappa shape index (κ3) is 4.12. The van der Waals surface area contributed by atoms with Gasteiger partial charge in [0, 0.05) is 40.4 Å². The Hall–Kier alpha value is -4.51. The number of halogens is 2. The first-order valence-corrected chi connectivity index (χ1v) is 12.4. The maximum Gasteiger partial charge on any atom is 0.224 e. The molecule has 0 spiro atoms. The number of fused-ring (bicyclic) bond motifs is 2. The zero-order valence-electron chi connectivity index (χ0n) is 19.5. The molecule has 1 aromatic carbocycles. The monoisotopic (exact) mass is 515 g/mol. The zero-order valence-corrected chi connectivity index (χ0v) is 20.3. The average Bonchev–Trinajstić information content (AvgIpc) is 3.62. The van der Waals surface area contributed by atoms with Gasteiger partial charge in [0.2, 0.25) is 5.91 Å². The molecule has 0 aliphatic heterocycles. The maximum absolute atomic E-state index is 16.0. The van der Waals surface area contributed by atoms with Crippen molar-refractivity contribution in [3.63, 3.8) is 0 Å². The number of thiophene rings is 1. The van der Waals surface area contributed by atoms with Crippen LogP contribution < -0.4 is 5.32 Å². The van der Waals surface area contributed by atoms with Crippen molar-refractivity contribution in [1.29, 1.82) is 0 Å². The molecule has 0 saturated heterocycles. The Bertz CT molecular complexity index is 1790. The topological polar surface area (TPSA) is 112 Å². The van der Waals surface area contributed by atoms with E-state index in [-0.39, 0.29) is 22.1 Å². The van der Waals surface area contributed by atoms with Gasteiger partial charge >= 0.3 is 0 Å². The van der Waals surface area contributed by atoms with Gasteiger partial charge in [-0.3, -0.25) is 14.9 Å². The van der Waals surface area contributed by atoms with Crippen molar-refractivity contribution in [2.75, 3.05) is 5.32 Å². The van der Waals surface area contributed by atoms with Gasteiger partial charge in [0.05, 0.1) is 28.3 Å². The minimum absolute atomic E-state index is 0.127. The highest BCUT2D eigenvalue weighted by Crippen LogP contribution is 2.36. The van der Waals surface area contributed by atoms with Crippen molar-refractivity contribution in [2.24, 2.45) is 0 Å². The molecule has 184 valence electrons. The minimum Gasteiger partial charge on any atom is -0.335 e. The number of aromatic nitrogens is 6. The number of imidazole rings is 1. The average molecular weight is 516 g/mol. The highest BCUT2D eigenvalue weighted by atomic mass is 32.1. The molecule has 6 rings (SSSR count). The van der Waals surface area contributed by atoms with Crippen LogP contribution in [0.15, 0.2) is 55.0 Å². The van der Waals surface area contributed by atoms with E-state index in [4.69, 9.17) is 0 Å². The Labute approximate surface area is 212 Å². The first-order valence-electron chi connectivity index (χ1n) is 11.5. The number of hydrogen-bond donors (Lipinski definition) is 3. The summed E-state index contributed by atoms with van der Waals surface area (Å²) >= 11 is 1.02. The molecule has 5 heterocycles.